The molecule has 0 radical (unpaired) electrons. The first-order chi connectivity index (χ1) is 9.59. The van der Waals surface area contributed by atoms with Crippen LogP contribution in [0.5, 0.6) is 0 Å². The number of aryl methyl sites for hydroxylation is 1. The second-order valence-corrected chi connectivity index (χ2v) is 6.52. The second kappa shape index (κ2) is 7.23. The Bertz CT molecular complexity index is 399. The molecule has 0 aromatic carbocycles. The summed E-state index contributed by atoms with van der Waals surface area (Å²) in [6.07, 6.45) is 9.14. The summed E-state index contributed by atoms with van der Waals surface area (Å²) < 4.78 is 2.24. The number of imidazole rings is 1. The average Bonchev–Trinajstić information content (AvgIpc) is 2.88. The maximum absolute atomic E-state index is 6.25. The Balaban J connectivity index is 1.84. The van der Waals surface area contributed by atoms with E-state index in [-0.39, 0.29) is 6.04 Å². The Hall–Kier alpha value is -0.870. The highest BCUT2D eigenvalue weighted by Crippen LogP contribution is 2.19. The minimum absolute atomic E-state index is 0.0893. The van der Waals surface area contributed by atoms with Crippen LogP contribution in [0.2, 0.25) is 0 Å². The van der Waals surface area contributed by atoms with Gasteiger partial charge >= 0.3 is 0 Å². The maximum Gasteiger partial charge on any atom is 0.0948 e. The predicted molar refractivity (Wildman–Crippen MR) is 83.5 cm³/mol. The molecule has 2 rings (SSSR count). The molecule has 1 aliphatic heterocycles. The first-order valence-corrected chi connectivity index (χ1v) is 8.09. The summed E-state index contributed by atoms with van der Waals surface area (Å²) in [4.78, 5) is 6.90. The van der Waals surface area contributed by atoms with Crippen molar-refractivity contribution in [2.45, 2.75) is 65.1 Å². The van der Waals surface area contributed by atoms with E-state index in [1.54, 1.807) is 0 Å². The molecule has 2 N–H and O–H groups in total. The van der Waals surface area contributed by atoms with E-state index in [1.165, 1.54) is 44.5 Å². The highest BCUT2D eigenvalue weighted by atomic mass is 15.2. The lowest BCUT2D eigenvalue weighted by molar-refractivity contribution is 0.156. The third-order valence-corrected chi connectivity index (χ3v) is 4.59. The third kappa shape index (κ3) is 3.83. The zero-order valence-corrected chi connectivity index (χ0v) is 13.3. The molecule has 0 saturated carbocycles. The van der Waals surface area contributed by atoms with Gasteiger partial charge in [0.2, 0.25) is 0 Å². The minimum Gasteiger partial charge on any atom is -0.333 e. The zero-order chi connectivity index (χ0) is 14.5. The van der Waals surface area contributed by atoms with Crippen molar-refractivity contribution in [2.24, 2.45) is 11.7 Å². The van der Waals surface area contributed by atoms with Gasteiger partial charge in [-0.15, -0.1) is 0 Å². The highest BCUT2D eigenvalue weighted by molar-refractivity contribution is 5.05. The molecule has 20 heavy (non-hydrogen) atoms. The molecule has 1 aromatic rings. The number of piperidine rings is 1. The molecular weight excluding hydrogens is 248 g/mol. The van der Waals surface area contributed by atoms with Crippen molar-refractivity contribution in [3.8, 4) is 0 Å². The average molecular weight is 278 g/mol. The Morgan fingerprint density at radius 3 is 2.85 bits per heavy atom. The topological polar surface area (TPSA) is 47.1 Å². The fourth-order valence-corrected chi connectivity index (χ4v) is 3.07. The van der Waals surface area contributed by atoms with Crippen LogP contribution < -0.4 is 5.73 Å². The van der Waals surface area contributed by atoms with E-state index in [9.17, 15) is 0 Å². The van der Waals surface area contributed by atoms with Gasteiger partial charge in [-0.1, -0.05) is 20.3 Å². The van der Waals surface area contributed by atoms with Crippen molar-refractivity contribution < 1.29 is 0 Å². The van der Waals surface area contributed by atoms with Crippen LogP contribution in [0.15, 0.2) is 12.5 Å². The summed E-state index contributed by atoms with van der Waals surface area (Å²) in [5.41, 5.74) is 7.42. The van der Waals surface area contributed by atoms with Crippen molar-refractivity contribution in [2.75, 3.05) is 13.1 Å². The van der Waals surface area contributed by atoms with E-state index in [0.717, 1.165) is 12.6 Å². The molecule has 2 unspecified atom stereocenters. The first-order valence-electron chi connectivity index (χ1n) is 8.09. The minimum atomic E-state index is 0.0893. The van der Waals surface area contributed by atoms with E-state index in [4.69, 9.17) is 5.73 Å². The monoisotopic (exact) mass is 278 g/mol. The summed E-state index contributed by atoms with van der Waals surface area (Å²) >= 11 is 0. The lowest BCUT2D eigenvalue weighted by atomic mass is 10.0. The van der Waals surface area contributed by atoms with E-state index < -0.39 is 0 Å². The van der Waals surface area contributed by atoms with Crippen LogP contribution in [0.3, 0.4) is 0 Å². The quantitative estimate of drug-likeness (QED) is 0.870. The smallest absolute Gasteiger partial charge is 0.0948 e. The van der Waals surface area contributed by atoms with E-state index in [2.05, 4.69) is 35.2 Å². The van der Waals surface area contributed by atoms with Gasteiger partial charge in [0.1, 0.15) is 0 Å². The lowest BCUT2D eigenvalue weighted by Gasteiger charge is -2.33. The van der Waals surface area contributed by atoms with Gasteiger partial charge in [-0.3, -0.25) is 0 Å². The number of rotatable bonds is 6. The molecule has 1 aromatic heterocycles. The highest BCUT2D eigenvalue weighted by Gasteiger charge is 2.18. The number of likely N-dealkylation sites (tertiary alicyclic amines) is 1. The predicted octanol–water partition coefficient (Wildman–Crippen LogP) is 2.80. The van der Waals surface area contributed by atoms with Crippen molar-refractivity contribution in [1.82, 2.24) is 14.5 Å². The number of hydrogen-bond donors (Lipinski definition) is 1. The van der Waals surface area contributed by atoms with Crippen LogP contribution >= 0.6 is 0 Å². The number of hydrogen-bond acceptors (Lipinski definition) is 3. The van der Waals surface area contributed by atoms with Crippen LogP contribution in [0, 0.1) is 5.92 Å². The molecule has 4 nitrogen and oxygen atoms in total. The molecule has 0 spiro atoms. The van der Waals surface area contributed by atoms with Gasteiger partial charge in [0, 0.05) is 31.4 Å². The SMILES string of the molecule is CC(C)C(N)c1cncn1CCCN1CCCCC1C. The summed E-state index contributed by atoms with van der Waals surface area (Å²) in [6, 6.07) is 0.843. The van der Waals surface area contributed by atoms with Gasteiger partial charge in [-0.25, -0.2) is 4.98 Å². The maximum atomic E-state index is 6.25. The Morgan fingerprint density at radius 2 is 2.15 bits per heavy atom. The molecule has 0 aliphatic carbocycles. The zero-order valence-electron chi connectivity index (χ0n) is 13.3. The van der Waals surface area contributed by atoms with Crippen LogP contribution in [0.1, 0.15) is 58.2 Å². The van der Waals surface area contributed by atoms with Gasteiger partial charge in [0.05, 0.1) is 12.0 Å². The molecule has 1 fully saturated rings. The van der Waals surface area contributed by atoms with Gasteiger partial charge in [-0.05, 0) is 38.6 Å². The fraction of sp³-hybridized carbons (Fsp3) is 0.812. The fourth-order valence-electron chi connectivity index (χ4n) is 3.07. The summed E-state index contributed by atoms with van der Waals surface area (Å²) in [7, 11) is 0. The van der Waals surface area contributed by atoms with Crippen molar-refractivity contribution in [1.29, 1.82) is 0 Å². The summed E-state index contributed by atoms with van der Waals surface area (Å²) in [5, 5.41) is 0. The Morgan fingerprint density at radius 1 is 1.35 bits per heavy atom. The standard InChI is InChI=1S/C16H30N4/c1-13(2)16(17)15-11-18-12-20(15)10-6-9-19-8-5-4-7-14(19)3/h11-14,16H,4-10,17H2,1-3H3. The summed E-state index contributed by atoms with van der Waals surface area (Å²) in [5.74, 6) is 0.451. The van der Waals surface area contributed by atoms with Gasteiger partial charge in [-0.2, -0.15) is 0 Å². The molecule has 2 atom stereocenters. The van der Waals surface area contributed by atoms with Crippen molar-refractivity contribution in [3.05, 3.63) is 18.2 Å². The molecular formula is C16H30N4. The van der Waals surface area contributed by atoms with E-state index in [0.29, 0.717) is 5.92 Å². The molecule has 2 heterocycles. The molecule has 4 heteroatoms. The van der Waals surface area contributed by atoms with Gasteiger partial charge in [0.25, 0.3) is 0 Å². The molecule has 0 amide bonds. The van der Waals surface area contributed by atoms with E-state index in [1.807, 2.05) is 12.5 Å². The second-order valence-electron chi connectivity index (χ2n) is 6.52. The molecule has 114 valence electrons. The van der Waals surface area contributed by atoms with Crippen molar-refractivity contribution >= 4 is 0 Å². The van der Waals surface area contributed by atoms with Crippen LogP contribution in [-0.4, -0.2) is 33.6 Å². The van der Waals surface area contributed by atoms with Crippen LogP contribution in [0.4, 0.5) is 0 Å². The van der Waals surface area contributed by atoms with Crippen molar-refractivity contribution in [3.63, 3.8) is 0 Å². The first kappa shape index (κ1) is 15.5. The molecule has 1 saturated heterocycles. The number of aromatic nitrogens is 2. The lowest BCUT2D eigenvalue weighted by Crippen LogP contribution is -2.38. The number of nitrogens with two attached hydrogens (primary N) is 1. The van der Waals surface area contributed by atoms with Gasteiger partial charge < -0.3 is 15.2 Å². The molecule has 0 bridgehead atoms. The van der Waals surface area contributed by atoms with Gasteiger partial charge in [0.15, 0.2) is 0 Å². The normalized spacial score (nSPS) is 22.4. The number of nitrogens with zero attached hydrogens (tertiary/aromatic N) is 3. The van der Waals surface area contributed by atoms with Crippen LogP contribution in [0.25, 0.3) is 0 Å². The Kier molecular flexibility index (Phi) is 5.61. The summed E-state index contributed by atoms with van der Waals surface area (Å²) in [6.45, 7) is 10.2. The largest absolute Gasteiger partial charge is 0.333 e. The Labute approximate surface area is 123 Å². The third-order valence-electron chi connectivity index (χ3n) is 4.59. The van der Waals surface area contributed by atoms with Crippen LogP contribution in [-0.2, 0) is 6.54 Å². The van der Waals surface area contributed by atoms with E-state index >= 15 is 0 Å². The molecule has 1 aliphatic rings.